The number of piperidine rings is 2. The largest absolute Gasteiger partial charge is 0.368 e. The van der Waals surface area contributed by atoms with Gasteiger partial charge in [0, 0.05) is 6.54 Å². The van der Waals surface area contributed by atoms with Crippen LogP contribution >= 0.6 is 0 Å². The summed E-state index contributed by atoms with van der Waals surface area (Å²) in [6.45, 7) is 5.32. The van der Waals surface area contributed by atoms with Crippen molar-refractivity contribution in [2.45, 2.75) is 31.8 Å². The average Bonchev–Trinajstić information content (AvgIpc) is 2.45. The smallest absolute Gasteiger partial charge is 0.246 e. The Kier molecular flexibility index (Phi) is 6.07. The number of nitrogens with zero attached hydrogens (tertiary/aromatic N) is 1. The molecule has 2 aliphatic heterocycles. The van der Waals surface area contributed by atoms with Crippen LogP contribution < -0.4 is 10.6 Å². The van der Waals surface area contributed by atoms with Crippen molar-refractivity contribution >= 4 is 5.91 Å². The van der Waals surface area contributed by atoms with Gasteiger partial charge in [-0.15, -0.1) is 0 Å². The summed E-state index contributed by atoms with van der Waals surface area (Å²) in [6.07, 6.45) is 4.66. The third kappa shape index (κ3) is 5.47. The predicted octanol–water partition coefficient (Wildman–Crippen LogP) is 0.213. The van der Waals surface area contributed by atoms with Gasteiger partial charge in [-0.2, -0.15) is 0 Å². The first kappa shape index (κ1) is 14.8. The first-order valence-corrected chi connectivity index (χ1v) is 7.51. The summed E-state index contributed by atoms with van der Waals surface area (Å²) >= 11 is 0. The average molecular weight is 269 g/mol. The van der Waals surface area contributed by atoms with Crippen molar-refractivity contribution in [3.05, 3.63) is 0 Å². The van der Waals surface area contributed by atoms with Gasteiger partial charge in [0.1, 0.15) is 6.61 Å². The Morgan fingerprint density at radius 1 is 1.26 bits per heavy atom. The second-order valence-electron chi connectivity index (χ2n) is 5.81. The molecule has 110 valence electrons. The first-order chi connectivity index (χ1) is 9.24. The van der Waals surface area contributed by atoms with Gasteiger partial charge < -0.3 is 20.3 Å². The number of hydrogen-bond donors (Lipinski definition) is 2. The molecule has 5 nitrogen and oxygen atoms in total. The molecule has 0 aromatic heterocycles. The molecule has 2 rings (SSSR count). The molecule has 2 fully saturated rings. The summed E-state index contributed by atoms with van der Waals surface area (Å²) in [7, 11) is 2.15. The number of likely N-dealkylation sites (tertiary alicyclic amines) is 1. The minimum absolute atomic E-state index is 0.0393. The zero-order chi connectivity index (χ0) is 13.5. The molecule has 5 heteroatoms. The second kappa shape index (κ2) is 7.82. The van der Waals surface area contributed by atoms with Gasteiger partial charge in [-0.1, -0.05) is 0 Å². The van der Waals surface area contributed by atoms with E-state index in [0.717, 1.165) is 45.6 Å². The molecule has 1 amide bonds. The van der Waals surface area contributed by atoms with Gasteiger partial charge in [-0.3, -0.25) is 4.79 Å². The van der Waals surface area contributed by atoms with Crippen LogP contribution in [0.5, 0.6) is 0 Å². The lowest BCUT2D eigenvalue weighted by molar-refractivity contribution is -0.128. The molecular formula is C14H27N3O2. The van der Waals surface area contributed by atoms with E-state index < -0.39 is 0 Å². The van der Waals surface area contributed by atoms with E-state index in [1.807, 2.05) is 0 Å². The van der Waals surface area contributed by atoms with Crippen molar-refractivity contribution in [2.24, 2.45) is 5.92 Å². The van der Waals surface area contributed by atoms with E-state index in [9.17, 15) is 4.79 Å². The highest BCUT2D eigenvalue weighted by Crippen LogP contribution is 2.14. The molecule has 0 unspecified atom stereocenters. The van der Waals surface area contributed by atoms with Gasteiger partial charge in [0.05, 0.1) is 6.10 Å². The molecule has 0 saturated carbocycles. The Hall–Kier alpha value is -0.650. The number of rotatable bonds is 5. The van der Waals surface area contributed by atoms with Crippen molar-refractivity contribution in [1.82, 2.24) is 15.5 Å². The van der Waals surface area contributed by atoms with Crippen LogP contribution in [0.4, 0.5) is 0 Å². The summed E-state index contributed by atoms with van der Waals surface area (Å²) in [5, 5.41) is 6.30. The van der Waals surface area contributed by atoms with E-state index in [2.05, 4.69) is 22.6 Å². The lowest BCUT2D eigenvalue weighted by Gasteiger charge is -2.29. The minimum Gasteiger partial charge on any atom is -0.368 e. The van der Waals surface area contributed by atoms with Crippen LogP contribution in [0.3, 0.4) is 0 Å². The maximum absolute atomic E-state index is 11.7. The van der Waals surface area contributed by atoms with Gasteiger partial charge in [-0.05, 0) is 64.8 Å². The highest BCUT2D eigenvalue weighted by Gasteiger charge is 2.18. The Bertz CT molecular complexity index is 272. The van der Waals surface area contributed by atoms with E-state index in [1.165, 1.54) is 12.8 Å². The van der Waals surface area contributed by atoms with Crippen LogP contribution in [0.2, 0.25) is 0 Å². The summed E-state index contributed by atoms with van der Waals surface area (Å²) in [6, 6.07) is 0. The summed E-state index contributed by atoms with van der Waals surface area (Å²) < 4.78 is 5.64. The molecule has 0 spiro atoms. The van der Waals surface area contributed by atoms with E-state index >= 15 is 0 Å². The molecule has 0 atom stereocenters. The van der Waals surface area contributed by atoms with Crippen molar-refractivity contribution in [2.75, 3.05) is 46.4 Å². The molecule has 2 N–H and O–H groups in total. The highest BCUT2D eigenvalue weighted by atomic mass is 16.5. The standard InChI is InChI=1S/C14H27N3O2/c1-17-8-4-12(5-9-17)10-16-14(18)11-19-13-2-6-15-7-3-13/h12-13,15H,2-11H2,1H3,(H,16,18). The SMILES string of the molecule is CN1CCC(CNC(=O)COC2CCNCC2)CC1. The van der Waals surface area contributed by atoms with Crippen molar-refractivity contribution in [3.63, 3.8) is 0 Å². The topological polar surface area (TPSA) is 53.6 Å². The van der Waals surface area contributed by atoms with Crippen molar-refractivity contribution in [3.8, 4) is 0 Å². The number of hydrogen-bond acceptors (Lipinski definition) is 4. The second-order valence-corrected chi connectivity index (χ2v) is 5.81. The van der Waals surface area contributed by atoms with Gasteiger partial charge >= 0.3 is 0 Å². The molecule has 0 aromatic rings. The lowest BCUT2D eigenvalue weighted by atomic mass is 9.97. The fourth-order valence-electron chi connectivity index (χ4n) is 2.73. The molecule has 0 aliphatic carbocycles. The molecule has 0 aromatic carbocycles. The van der Waals surface area contributed by atoms with Gasteiger partial charge in [-0.25, -0.2) is 0 Å². The number of nitrogens with one attached hydrogen (secondary N) is 2. The third-order valence-corrected chi connectivity index (χ3v) is 4.16. The molecule has 0 radical (unpaired) electrons. The Balaban J connectivity index is 1.54. The maximum atomic E-state index is 11.7. The Morgan fingerprint density at radius 3 is 2.63 bits per heavy atom. The van der Waals surface area contributed by atoms with Gasteiger partial charge in [0.15, 0.2) is 0 Å². The van der Waals surface area contributed by atoms with Crippen LogP contribution in [-0.4, -0.2) is 63.3 Å². The monoisotopic (exact) mass is 269 g/mol. The number of amides is 1. The van der Waals surface area contributed by atoms with Gasteiger partial charge in [0.2, 0.25) is 5.91 Å². The Morgan fingerprint density at radius 2 is 1.95 bits per heavy atom. The van der Waals surface area contributed by atoms with E-state index in [0.29, 0.717) is 5.92 Å². The summed E-state index contributed by atoms with van der Waals surface area (Å²) in [5.74, 6) is 0.677. The van der Waals surface area contributed by atoms with Gasteiger partial charge in [0.25, 0.3) is 0 Å². The number of carbonyl (C=O) groups excluding carboxylic acids is 1. The molecule has 2 heterocycles. The van der Waals surface area contributed by atoms with Crippen LogP contribution in [0.1, 0.15) is 25.7 Å². The fraction of sp³-hybridized carbons (Fsp3) is 0.929. The first-order valence-electron chi connectivity index (χ1n) is 7.51. The van der Waals surface area contributed by atoms with Crippen molar-refractivity contribution < 1.29 is 9.53 Å². The fourth-order valence-corrected chi connectivity index (χ4v) is 2.73. The third-order valence-electron chi connectivity index (χ3n) is 4.16. The molecule has 2 saturated heterocycles. The van der Waals surface area contributed by atoms with Crippen molar-refractivity contribution in [1.29, 1.82) is 0 Å². The van der Waals surface area contributed by atoms with Crippen LogP contribution in [0.15, 0.2) is 0 Å². The van der Waals surface area contributed by atoms with E-state index in [1.54, 1.807) is 0 Å². The summed E-state index contributed by atoms with van der Waals surface area (Å²) in [4.78, 5) is 14.1. The van der Waals surface area contributed by atoms with Crippen LogP contribution in [0, 0.1) is 5.92 Å². The highest BCUT2D eigenvalue weighted by molar-refractivity contribution is 5.77. The normalized spacial score (nSPS) is 23.4. The zero-order valence-electron chi connectivity index (χ0n) is 12.0. The molecule has 0 bridgehead atoms. The molecular weight excluding hydrogens is 242 g/mol. The number of carbonyl (C=O) groups is 1. The quantitative estimate of drug-likeness (QED) is 0.749. The molecule has 19 heavy (non-hydrogen) atoms. The van der Waals surface area contributed by atoms with Crippen LogP contribution in [0.25, 0.3) is 0 Å². The van der Waals surface area contributed by atoms with E-state index in [4.69, 9.17) is 4.74 Å². The minimum atomic E-state index is 0.0393. The number of ether oxygens (including phenoxy) is 1. The van der Waals surface area contributed by atoms with Crippen LogP contribution in [-0.2, 0) is 9.53 Å². The Labute approximate surface area is 116 Å². The van der Waals surface area contributed by atoms with E-state index in [-0.39, 0.29) is 18.6 Å². The zero-order valence-corrected chi connectivity index (χ0v) is 12.0. The lowest BCUT2D eigenvalue weighted by Crippen LogP contribution is -2.39. The predicted molar refractivity (Wildman–Crippen MR) is 75.1 cm³/mol. The molecule has 2 aliphatic rings. The summed E-state index contributed by atoms with van der Waals surface area (Å²) in [5.41, 5.74) is 0. The maximum Gasteiger partial charge on any atom is 0.246 e.